The quantitative estimate of drug-likeness (QED) is 0.888. The minimum Gasteiger partial charge on any atom is -0.484 e. The summed E-state index contributed by atoms with van der Waals surface area (Å²) in [4.78, 5) is 24.7. The molecule has 5 nitrogen and oxygen atoms in total. The van der Waals surface area contributed by atoms with Crippen molar-refractivity contribution in [3.63, 3.8) is 0 Å². The van der Waals surface area contributed by atoms with Crippen LogP contribution in [0.1, 0.15) is 12.8 Å². The molecule has 0 aromatic heterocycles. The molecular formula is C17H16BrNO4. The average Bonchev–Trinajstić information content (AvgIpc) is 3.02. The first-order valence-corrected chi connectivity index (χ1v) is 8.18. The van der Waals surface area contributed by atoms with E-state index in [9.17, 15) is 9.59 Å². The van der Waals surface area contributed by atoms with Gasteiger partial charge in [-0.3, -0.25) is 4.79 Å². The van der Waals surface area contributed by atoms with Crippen LogP contribution >= 0.6 is 15.9 Å². The molecule has 23 heavy (non-hydrogen) atoms. The maximum atomic E-state index is 12.2. The molecule has 1 fully saturated rings. The van der Waals surface area contributed by atoms with E-state index in [0.717, 1.165) is 15.2 Å². The lowest BCUT2D eigenvalue weighted by Gasteiger charge is -2.21. The maximum Gasteiger partial charge on any atom is 0.326 e. The predicted octanol–water partition coefficient (Wildman–Crippen LogP) is 3.06. The summed E-state index contributed by atoms with van der Waals surface area (Å²) in [5.74, 6) is -0.642. The molecule has 3 rings (SSSR count). The van der Waals surface area contributed by atoms with Gasteiger partial charge in [0, 0.05) is 11.0 Å². The van der Waals surface area contributed by atoms with Crippen LogP contribution in [0.25, 0.3) is 10.8 Å². The zero-order chi connectivity index (χ0) is 16.4. The average molecular weight is 378 g/mol. The second-order valence-electron chi connectivity index (χ2n) is 5.53. The first-order chi connectivity index (χ1) is 11.0. The first kappa shape index (κ1) is 15.8. The van der Waals surface area contributed by atoms with Crippen molar-refractivity contribution in [1.29, 1.82) is 0 Å². The van der Waals surface area contributed by atoms with Gasteiger partial charge in [-0.15, -0.1) is 0 Å². The number of aliphatic carboxylic acids is 1. The Bertz CT molecular complexity index is 761. The third kappa shape index (κ3) is 3.47. The number of hydrogen-bond acceptors (Lipinski definition) is 3. The summed E-state index contributed by atoms with van der Waals surface area (Å²) in [5.41, 5.74) is 0. The number of likely N-dealkylation sites (tertiary alicyclic amines) is 1. The predicted molar refractivity (Wildman–Crippen MR) is 89.5 cm³/mol. The van der Waals surface area contributed by atoms with Crippen molar-refractivity contribution in [3.05, 3.63) is 40.9 Å². The monoisotopic (exact) mass is 377 g/mol. The van der Waals surface area contributed by atoms with Gasteiger partial charge in [-0.1, -0.05) is 28.1 Å². The fourth-order valence-electron chi connectivity index (χ4n) is 2.83. The van der Waals surface area contributed by atoms with E-state index < -0.39 is 12.0 Å². The summed E-state index contributed by atoms with van der Waals surface area (Å²) in [7, 11) is 0. The summed E-state index contributed by atoms with van der Waals surface area (Å²) < 4.78 is 6.55. The van der Waals surface area contributed by atoms with E-state index in [1.54, 1.807) is 6.07 Å². The lowest BCUT2D eigenvalue weighted by atomic mass is 10.1. The Morgan fingerprint density at radius 2 is 1.96 bits per heavy atom. The summed E-state index contributed by atoms with van der Waals surface area (Å²) >= 11 is 3.43. The molecule has 0 unspecified atom stereocenters. The third-order valence-corrected chi connectivity index (χ3v) is 4.49. The maximum absolute atomic E-state index is 12.2. The van der Waals surface area contributed by atoms with Gasteiger partial charge in [0.1, 0.15) is 11.8 Å². The third-order valence-electron chi connectivity index (χ3n) is 3.99. The minimum atomic E-state index is -0.952. The van der Waals surface area contributed by atoms with Gasteiger partial charge in [0.25, 0.3) is 5.91 Å². The molecule has 0 radical (unpaired) electrons. The molecule has 0 aliphatic carbocycles. The fourth-order valence-corrected chi connectivity index (χ4v) is 3.21. The van der Waals surface area contributed by atoms with Crippen LogP contribution < -0.4 is 4.74 Å². The number of benzene rings is 2. The van der Waals surface area contributed by atoms with E-state index in [0.29, 0.717) is 25.1 Å². The van der Waals surface area contributed by atoms with E-state index in [1.807, 2.05) is 30.3 Å². The summed E-state index contributed by atoms with van der Waals surface area (Å²) in [6, 6.07) is 10.8. The van der Waals surface area contributed by atoms with Crippen LogP contribution in [-0.4, -0.2) is 41.1 Å². The molecule has 1 amide bonds. The summed E-state index contributed by atoms with van der Waals surface area (Å²) in [5, 5.41) is 11.2. The Morgan fingerprint density at radius 3 is 2.74 bits per heavy atom. The number of carbonyl (C=O) groups is 2. The van der Waals surface area contributed by atoms with Crippen LogP contribution in [-0.2, 0) is 9.59 Å². The van der Waals surface area contributed by atoms with E-state index in [2.05, 4.69) is 15.9 Å². The van der Waals surface area contributed by atoms with Gasteiger partial charge in [-0.05, 0) is 47.9 Å². The zero-order valence-corrected chi connectivity index (χ0v) is 14.0. The molecule has 1 aliphatic rings. The van der Waals surface area contributed by atoms with Gasteiger partial charge in [0.05, 0.1) is 0 Å². The normalized spacial score (nSPS) is 17.4. The molecule has 1 N–H and O–H groups in total. The van der Waals surface area contributed by atoms with Gasteiger partial charge in [-0.25, -0.2) is 4.79 Å². The lowest BCUT2D eigenvalue weighted by molar-refractivity contribution is -0.148. The van der Waals surface area contributed by atoms with Crippen molar-refractivity contribution >= 4 is 38.6 Å². The number of halogens is 1. The summed E-state index contributed by atoms with van der Waals surface area (Å²) in [6.07, 6.45) is 1.22. The molecule has 0 spiro atoms. The Hall–Kier alpha value is -2.08. The number of carbonyl (C=O) groups excluding carboxylic acids is 1. The molecule has 1 saturated heterocycles. The number of hydrogen-bond donors (Lipinski definition) is 1. The standard InChI is InChI=1S/C17H16BrNO4/c18-13-5-3-12-9-14(6-4-11(12)8-13)23-10-16(20)19-7-1-2-15(19)17(21)22/h3-6,8-9,15H,1-2,7,10H2,(H,21,22)/t15-/m0/s1. The van der Waals surface area contributed by atoms with Crippen molar-refractivity contribution in [3.8, 4) is 5.75 Å². The number of amides is 1. The van der Waals surface area contributed by atoms with Crippen LogP contribution in [0, 0.1) is 0 Å². The first-order valence-electron chi connectivity index (χ1n) is 7.39. The van der Waals surface area contributed by atoms with Crippen LogP contribution in [0.15, 0.2) is 40.9 Å². The summed E-state index contributed by atoms with van der Waals surface area (Å²) in [6.45, 7) is 0.330. The van der Waals surface area contributed by atoms with Crippen molar-refractivity contribution in [1.82, 2.24) is 4.90 Å². The molecule has 2 aromatic rings. The van der Waals surface area contributed by atoms with Gasteiger partial charge in [0.15, 0.2) is 6.61 Å². The van der Waals surface area contributed by atoms with E-state index in [1.165, 1.54) is 4.90 Å². The number of fused-ring (bicyclic) bond motifs is 1. The topological polar surface area (TPSA) is 66.8 Å². The van der Waals surface area contributed by atoms with Crippen LogP contribution in [0.3, 0.4) is 0 Å². The fraction of sp³-hybridized carbons (Fsp3) is 0.294. The van der Waals surface area contributed by atoms with Gasteiger partial charge in [-0.2, -0.15) is 0 Å². The molecular weight excluding hydrogens is 362 g/mol. The number of carboxylic acids is 1. The van der Waals surface area contributed by atoms with Crippen LogP contribution in [0.5, 0.6) is 5.75 Å². The molecule has 6 heteroatoms. The molecule has 2 aromatic carbocycles. The molecule has 120 valence electrons. The number of ether oxygens (including phenoxy) is 1. The number of rotatable bonds is 4. The number of carboxylic acid groups (broad SMARTS) is 1. The Balaban J connectivity index is 1.67. The van der Waals surface area contributed by atoms with Crippen LogP contribution in [0.4, 0.5) is 0 Å². The Labute approximate surface area is 142 Å². The molecule has 0 saturated carbocycles. The van der Waals surface area contributed by atoms with Crippen LogP contribution in [0.2, 0.25) is 0 Å². The van der Waals surface area contributed by atoms with Crippen molar-refractivity contribution in [2.75, 3.05) is 13.2 Å². The van der Waals surface area contributed by atoms with Gasteiger partial charge >= 0.3 is 5.97 Å². The Kier molecular flexibility index (Phi) is 4.52. The number of nitrogens with zero attached hydrogens (tertiary/aromatic N) is 1. The smallest absolute Gasteiger partial charge is 0.326 e. The largest absolute Gasteiger partial charge is 0.484 e. The van der Waals surface area contributed by atoms with E-state index in [4.69, 9.17) is 9.84 Å². The second kappa shape index (κ2) is 6.58. The van der Waals surface area contributed by atoms with Crippen molar-refractivity contribution < 1.29 is 19.4 Å². The second-order valence-corrected chi connectivity index (χ2v) is 6.44. The van der Waals surface area contributed by atoms with E-state index in [-0.39, 0.29) is 12.5 Å². The zero-order valence-electron chi connectivity index (χ0n) is 12.4. The van der Waals surface area contributed by atoms with Gasteiger partial charge < -0.3 is 14.7 Å². The molecule has 1 atom stereocenters. The van der Waals surface area contributed by atoms with Gasteiger partial charge in [0.2, 0.25) is 0 Å². The molecule has 1 aliphatic heterocycles. The van der Waals surface area contributed by atoms with Crippen molar-refractivity contribution in [2.24, 2.45) is 0 Å². The Morgan fingerprint density at radius 1 is 1.22 bits per heavy atom. The minimum absolute atomic E-state index is 0.147. The van der Waals surface area contributed by atoms with E-state index >= 15 is 0 Å². The highest BCUT2D eigenvalue weighted by Gasteiger charge is 2.33. The lowest BCUT2D eigenvalue weighted by Crippen LogP contribution is -2.42. The SMILES string of the molecule is O=C(O)[C@@H]1CCCN1C(=O)COc1ccc2cc(Br)ccc2c1. The highest BCUT2D eigenvalue weighted by atomic mass is 79.9. The van der Waals surface area contributed by atoms with Crippen molar-refractivity contribution in [2.45, 2.75) is 18.9 Å². The molecule has 1 heterocycles. The molecule has 0 bridgehead atoms. The highest BCUT2D eigenvalue weighted by Crippen LogP contribution is 2.24. The highest BCUT2D eigenvalue weighted by molar-refractivity contribution is 9.10.